The normalized spacial score (nSPS) is 11.8. The molecule has 3 rings (SSSR count). The van der Waals surface area contributed by atoms with Crippen molar-refractivity contribution in [1.29, 1.82) is 0 Å². The van der Waals surface area contributed by atoms with Gasteiger partial charge < -0.3 is 14.5 Å². The smallest absolute Gasteiger partial charge is 0.338 e. The molecule has 3 aromatic rings. The summed E-state index contributed by atoms with van der Waals surface area (Å²) in [5, 5.41) is 3.48. The fourth-order valence-corrected chi connectivity index (χ4v) is 3.58. The van der Waals surface area contributed by atoms with E-state index in [1.54, 1.807) is 18.2 Å². The van der Waals surface area contributed by atoms with Gasteiger partial charge in [-0.3, -0.25) is 4.57 Å². The summed E-state index contributed by atoms with van der Waals surface area (Å²) in [6, 6.07) is 14.7. The molecule has 0 aromatic heterocycles. The van der Waals surface area contributed by atoms with Gasteiger partial charge in [0.25, 0.3) is 0 Å². The number of hydrogen-bond donors (Lipinski definition) is 2. The molecule has 0 aliphatic rings. The van der Waals surface area contributed by atoms with E-state index in [0.717, 1.165) is 16.2 Å². The van der Waals surface area contributed by atoms with Crippen LogP contribution in [0.2, 0.25) is 0 Å². The molecule has 0 aliphatic heterocycles. The maximum absolute atomic E-state index is 12.0. The third-order valence-electron chi connectivity index (χ3n) is 3.81. The first-order valence-electron chi connectivity index (χ1n) is 6.97. The minimum Gasteiger partial charge on any atom is -0.465 e. The Morgan fingerprint density at radius 1 is 1.00 bits per heavy atom. The summed E-state index contributed by atoms with van der Waals surface area (Å²) in [6.45, 7) is 0. The number of rotatable bonds is 3. The Kier molecular flexibility index (Phi) is 3.94. The number of hydrogen-bond acceptors (Lipinski definition) is 3. The third-order valence-corrected chi connectivity index (χ3v) is 4.54. The fraction of sp³-hybridized carbons (Fsp3) is 0.118. The molecule has 0 radical (unpaired) electrons. The first-order chi connectivity index (χ1) is 10.9. The van der Waals surface area contributed by atoms with Gasteiger partial charge in [0.1, 0.15) is 0 Å². The monoisotopic (exact) mass is 330 g/mol. The predicted molar refractivity (Wildman–Crippen MR) is 88.5 cm³/mol. The Balaban J connectivity index is 2.38. The van der Waals surface area contributed by atoms with Gasteiger partial charge >= 0.3 is 13.6 Å². The Bertz CT molecular complexity index is 958. The van der Waals surface area contributed by atoms with Crippen LogP contribution in [-0.2, 0) is 15.5 Å². The van der Waals surface area contributed by atoms with Crippen molar-refractivity contribution in [3.8, 4) is 0 Å². The zero-order chi connectivity index (χ0) is 16.6. The molecule has 118 valence electrons. The van der Waals surface area contributed by atoms with Gasteiger partial charge in [-0.1, -0.05) is 42.5 Å². The molecule has 0 atom stereocenters. The number of esters is 1. The molecule has 0 amide bonds. The lowest BCUT2D eigenvalue weighted by atomic mass is 9.95. The molecule has 23 heavy (non-hydrogen) atoms. The molecule has 6 heteroatoms. The predicted octanol–water partition coefficient (Wildman–Crippen LogP) is 3.46. The van der Waals surface area contributed by atoms with E-state index < -0.39 is 19.7 Å². The largest absolute Gasteiger partial charge is 0.465 e. The zero-order valence-corrected chi connectivity index (χ0v) is 13.3. The van der Waals surface area contributed by atoms with Crippen LogP contribution >= 0.6 is 7.60 Å². The average molecular weight is 330 g/mol. The van der Waals surface area contributed by atoms with Gasteiger partial charge in [-0.15, -0.1) is 0 Å². The molecule has 0 saturated heterocycles. The third kappa shape index (κ3) is 2.99. The van der Waals surface area contributed by atoms with Crippen molar-refractivity contribution >= 4 is 35.1 Å². The van der Waals surface area contributed by atoms with E-state index in [4.69, 9.17) is 4.74 Å². The van der Waals surface area contributed by atoms with Gasteiger partial charge in [0.15, 0.2) is 0 Å². The SMILES string of the molecule is COC(=O)c1ccc2c(ccc3ccccc32)c1CP(=O)(O)O. The molecule has 0 heterocycles. The van der Waals surface area contributed by atoms with Crippen molar-refractivity contribution in [2.24, 2.45) is 0 Å². The van der Waals surface area contributed by atoms with Crippen molar-refractivity contribution < 1.29 is 23.9 Å². The zero-order valence-electron chi connectivity index (χ0n) is 12.4. The lowest BCUT2D eigenvalue weighted by Crippen LogP contribution is -2.06. The summed E-state index contributed by atoms with van der Waals surface area (Å²) >= 11 is 0. The van der Waals surface area contributed by atoms with Gasteiger partial charge in [-0.2, -0.15) is 0 Å². The Morgan fingerprint density at radius 2 is 1.70 bits per heavy atom. The minimum absolute atomic E-state index is 0.179. The number of fused-ring (bicyclic) bond motifs is 3. The van der Waals surface area contributed by atoms with E-state index >= 15 is 0 Å². The Morgan fingerprint density at radius 3 is 2.39 bits per heavy atom. The summed E-state index contributed by atoms with van der Waals surface area (Å²) in [6.07, 6.45) is -0.507. The second-order valence-electron chi connectivity index (χ2n) is 5.29. The molecule has 0 fully saturated rings. The van der Waals surface area contributed by atoms with Crippen LogP contribution in [0.25, 0.3) is 21.5 Å². The molecule has 0 unspecified atom stereocenters. The van der Waals surface area contributed by atoms with Gasteiger partial charge in [0.2, 0.25) is 0 Å². The molecule has 0 saturated carbocycles. The number of benzene rings is 3. The molecular formula is C17H15O5P. The highest BCUT2D eigenvalue weighted by Crippen LogP contribution is 2.43. The van der Waals surface area contributed by atoms with Crippen LogP contribution in [0.5, 0.6) is 0 Å². The van der Waals surface area contributed by atoms with Crippen LogP contribution in [0.3, 0.4) is 0 Å². The second-order valence-corrected chi connectivity index (χ2v) is 6.93. The van der Waals surface area contributed by atoms with Gasteiger partial charge in [0, 0.05) is 0 Å². The summed E-state index contributed by atoms with van der Waals surface area (Å²) in [5.41, 5.74) is 0.493. The van der Waals surface area contributed by atoms with E-state index in [9.17, 15) is 19.1 Å². The van der Waals surface area contributed by atoms with Crippen molar-refractivity contribution in [3.63, 3.8) is 0 Å². The summed E-state index contributed by atoms with van der Waals surface area (Å²) < 4.78 is 16.2. The van der Waals surface area contributed by atoms with Crippen molar-refractivity contribution in [3.05, 3.63) is 59.7 Å². The van der Waals surface area contributed by atoms with Crippen LogP contribution in [0, 0.1) is 0 Å². The van der Waals surface area contributed by atoms with Crippen LogP contribution in [0.4, 0.5) is 0 Å². The molecule has 5 nitrogen and oxygen atoms in total. The Hall–Kier alpha value is -2.20. The lowest BCUT2D eigenvalue weighted by Gasteiger charge is -2.14. The molecule has 0 aliphatic carbocycles. The van der Waals surface area contributed by atoms with E-state index in [1.165, 1.54) is 7.11 Å². The van der Waals surface area contributed by atoms with Crippen molar-refractivity contribution in [1.82, 2.24) is 0 Å². The van der Waals surface area contributed by atoms with Crippen molar-refractivity contribution in [2.45, 2.75) is 6.16 Å². The summed E-state index contributed by atoms with van der Waals surface area (Å²) in [7, 11) is -3.09. The number of methoxy groups -OCH3 is 1. The number of ether oxygens (including phenoxy) is 1. The lowest BCUT2D eigenvalue weighted by molar-refractivity contribution is 0.0600. The minimum atomic E-state index is -4.34. The molecule has 2 N–H and O–H groups in total. The second kappa shape index (κ2) is 5.78. The number of carbonyl (C=O) groups is 1. The first-order valence-corrected chi connectivity index (χ1v) is 8.77. The van der Waals surface area contributed by atoms with Crippen LogP contribution in [0.1, 0.15) is 15.9 Å². The van der Waals surface area contributed by atoms with E-state index in [2.05, 4.69) is 0 Å². The van der Waals surface area contributed by atoms with Gasteiger partial charge in [-0.25, -0.2) is 4.79 Å². The Labute approximate surface area is 132 Å². The average Bonchev–Trinajstić information content (AvgIpc) is 2.52. The highest BCUT2D eigenvalue weighted by molar-refractivity contribution is 7.50. The van der Waals surface area contributed by atoms with Crippen LogP contribution in [0.15, 0.2) is 48.5 Å². The van der Waals surface area contributed by atoms with Crippen molar-refractivity contribution in [2.75, 3.05) is 7.11 Å². The highest BCUT2D eigenvalue weighted by atomic mass is 31.2. The molecule has 0 bridgehead atoms. The maximum atomic E-state index is 12.0. The maximum Gasteiger partial charge on any atom is 0.338 e. The van der Waals surface area contributed by atoms with E-state index in [1.807, 2.05) is 30.3 Å². The van der Waals surface area contributed by atoms with Crippen LogP contribution < -0.4 is 0 Å². The fourth-order valence-electron chi connectivity index (χ4n) is 2.83. The van der Waals surface area contributed by atoms with Gasteiger partial charge in [-0.05, 0) is 33.2 Å². The number of carbonyl (C=O) groups excluding carboxylic acids is 1. The summed E-state index contributed by atoms with van der Waals surface area (Å²) in [4.78, 5) is 30.7. The highest BCUT2D eigenvalue weighted by Gasteiger charge is 2.23. The molecular weight excluding hydrogens is 315 g/mol. The standard InChI is InChI=1S/C17H15O5P/c1-22-17(18)15-9-8-13-12-5-3-2-4-11(12)6-7-14(13)16(15)10-23(19,20)21/h2-9H,10H2,1H3,(H2,19,20,21). The van der Waals surface area contributed by atoms with E-state index in [0.29, 0.717) is 10.9 Å². The molecule has 3 aromatic carbocycles. The van der Waals surface area contributed by atoms with E-state index in [-0.39, 0.29) is 5.56 Å². The van der Waals surface area contributed by atoms with Crippen LogP contribution in [-0.4, -0.2) is 22.9 Å². The quantitative estimate of drug-likeness (QED) is 0.436. The molecule has 0 spiro atoms. The first kappa shape index (κ1) is 15.7. The summed E-state index contributed by atoms with van der Waals surface area (Å²) in [5.74, 6) is -0.608. The van der Waals surface area contributed by atoms with Gasteiger partial charge in [0.05, 0.1) is 18.8 Å². The topological polar surface area (TPSA) is 83.8 Å².